The fourth-order valence-electron chi connectivity index (χ4n) is 2.03. The van der Waals surface area contributed by atoms with Gasteiger partial charge >= 0.3 is 0 Å². The third-order valence-corrected chi connectivity index (χ3v) is 3.82. The molecule has 0 unspecified atom stereocenters. The number of hydrogen-bond acceptors (Lipinski definition) is 6. The number of aryl methyl sites for hydroxylation is 1. The molecular formula is C17H15BrN4O3. The van der Waals surface area contributed by atoms with E-state index in [-0.39, 0.29) is 5.91 Å². The van der Waals surface area contributed by atoms with Crippen molar-refractivity contribution >= 4 is 21.8 Å². The lowest BCUT2D eigenvalue weighted by Crippen LogP contribution is -2.26. The normalized spacial score (nSPS) is 11.8. The van der Waals surface area contributed by atoms with Gasteiger partial charge in [-0.05, 0) is 44.2 Å². The molecule has 3 aromatic rings. The second-order valence-electron chi connectivity index (χ2n) is 5.32. The summed E-state index contributed by atoms with van der Waals surface area (Å²) in [6.45, 7) is 3.49. The van der Waals surface area contributed by atoms with Crippen molar-refractivity contribution in [2.75, 3.05) is 0 Å². The highest BCUT2D eigenvalue weighted by atomic mass is 79.9. The average molecular weight is 403 g/mol. The van der Waals surface area contributed by atoms with E-state index in [1.165, 1.54) is 6.20 Å². The molecule has 0 radical (unpaired) electrons. The maximum absolute atomic E-state index is 12.3. The largest absolute Gasteiger partial charge is 0.439 e. The second-order valence-corrected chi connectivity index (χ2v) is 6.23. The molecular weight excluding hydrogens is 388 g/mol. The van der Waals surface area contributed by atoms with Crippen molar-refractivity contribution < 1.29 is 14.1 Å². The zero-order valence-electron chi connectivity index (χ0n) is 13.6. The van der Waals surface area contributed by atoms with Gasteiger partial charge < -0.3 is 14.6 Å². The summed E-state index contributed by atoms with van der Waals surface area (Å²) in [4.78, 5) is 20.5. The van der Waals surface area contributed by atoms with Crippen LogP contribution in [0.4, 0.5) is 0 Å². The summed E-state index contributed by atoms with van der Waals surface area (Å²) in [5, 5.41) is 6.49. The molecule has 7 nitrogen and oxygen atoms in total. The van der Waals surface area contributed by atoms with E-state index in [0.717, 1.165) is 4.47 Å². The number of nitrogens with one attached hydrogen (secondary N) is 1. The van der Waals surface area contributed by atoms with Gasteiger partial charge in [0, 0.05) is 16.7 Å². The van der Waals surface area contributed by atoms with Gasteiger partial charge in [0.25, 0.3) is 5.91 Å². The van der Waals surface area contributed by atoms with Gasteiger partial charge in [-0.15, -0.1) is 0 Å². The van der Waals surface area contributed by atoms with Crippen LogP contribution in [0.2, 0.25) is 0 Å². The van der Waals surface area contributed by atoms with Gasteiger partial charge in [-0.1, -0.05) is 21.1 Å². The number of nitrogens with zero attached hydrogens (tertiary/aromatic N) is 3. The Balaban J connectivity index is 1.63. The molecule has 0 aliphatic carbocycles. The summed E-state index contributed by atoms with van der Waals surface area (Å²) in [5.41, 5.74) is 0.409. The van der Waals surface area contributed by atoms with Gasteiger partial charge in [-0.2, -0.15) is 4.98 Å². The van der Waals surface area contributed by atoms with E-state index in [0.29, 0.717) is 28.9 Å². The molecule has 0 aliphatic heterocycles. The number of carbonyl (C=O) groups excluding carboxylic acids is 1. The molecule has 0 bridgehead atoms. The van der Waals surface area contributed by atoms with Gasteiger partial charge in [-0.3, -0.25) is 4.79 Å². The minimum Gasteiger partial charge on any atom is -0.439 e. The monoisotopic (exact) mass is 402 g/mol. The Kier molecular flexibility index (Phi) is 5.08. The highest BCUT2D eigenvalue weighted by Gasteiger charge is 2.17. The van der Waals surface area contributed by atoms with Crippen LogP contribution in [0, 0.1) is 6.92 Å². The quantitative estimate of drug-likeness (QED) is 0.697. The molecule has 3 rings (SSSR count). The number of rotatable bonds is 5. The Bertz CT molecular complexity index is 862. The molecule has 1 N–H and O–H groups in total. The molecule has 0 aliphatic rings. The number of ether oxygens (including phenoxy) is 1. The fourth-order valence-corrected chi connectivity index (χ4v) is 2.29. The third-order valence-electron chi connectivity index (χ3n) is 3.30. The van der Waals surface area contributed by atoms with E-state index in [1.807, 2.05) is 24.3 Å². The van der Waals surface area contributed by atoms with Crippen molar-refractivity contribution in [1.82, 2.24) is 20.4 Å². The number of aromatic nitrogens is 3. The number of carbonyl (C=O) groups is 1. The number of benzene rings is 1. The lowest BCUT2D eigenvalue weighted by molar-refractivity contribution is 0.0932. The van der Waals surface area contributed by atoms with Gasteiger partial charge in [0.2, 0.25) is 11.8 Å². The zero-order chi connectivity index (χ0) is 17.8. The van der Waals surface area contributed by atoms with E-state index >= 15 is 0 Å². The Labute approximate surface area is 152 Å². The van der Waals surface area contributed by atoms with Crippen molar-refractivity contribution in [2.24, 2.45) is 0 Å². The minimum atomic E-state index is -0.396. The van der Waals surface area contributed by atoms with Crippen LogP contribution in [0.15, 0.2) is 51.6 Å². The summed E-state index contributed by atoms with van der Waals surface area (Å²) in [5.74, 6) is 1.65. The van der Waals surface area contributed by atoms with Crippen molar-refractivity contribution in [2.45, 2.75) is 19.9 Å². The van der Waals surface area contributed by atoms with Gasteiger partial charge in [0.1, 0.15) is 11.8 Å². The van der Waals surface area contributed by atoms with Crippen molar-refractivity contribution in [1.29, 1.82) is 0 Å². The third kappa shape index (κ3) is 4.42. The van der Waals surface area contributed by atoms with E-state index < -0.39 is 6.04 Å². The molecule has 8 heteroatoms. The molecule has 0 saturated heterocycles. The van der Waals surface area contributed by atoms with Crippen molar-refractivity contribution in [3.63, 3.8) is 0 Å². The van der Waals surface area contributed by atoms with Crippen LogP contribution in [0.1, 0.15) is 35.0 Å². The van der Waals surface area contributed by atoms with E-state index in [4.69, 9.17) is 9.26 Å². The Morgan fingerprint density at radius 3 is 2.60 bits per heavy atom. The number of halogens is 1. The summed E-state index contributed by atoms with van der Waals surface area (Å²) in [6.07, 6.45) is 1.45. The van der Waals surface area contributed by atoms with Crippen LogP contribution in [0.3, 0.4) is 0 Å². The second kappa shape index (κ2) is 7.43. The van der Waals surface area contributed by atoms with Crippen LogP contribution in [-0.4, -0.2) is 21.0 Å². The van der Waals surface area contributed by atoms with Crippen LogP contribution in [0.5, 0.6) is 11.6 Å². The number of pyridine rings is 1. The first-order valence-electron chi connectivity index (χ1n) is 7.52. The molecule has 1 aromatic carbocycles. The summed E-state index contributed by atoms with van der Waals surface area (Å²) < 4.78 is 11.6. The SMILES string of the molecule is Cc1noc([C@@H](C)NC(=O)c2ccc(Oc3ccc(Br)cc3)nc2)n1. The summed E-state index contributed by atoms with van der Waals surface area (Å²) in [6, 6.07) is 10.3. The first-order valence-corrected chi connectivity index (χ1v) is 8.31. The first-order chi connectivity index (χ1) is 12.0. The standard InChI is InChI=1S/C17H15BrN4O3/c1-10(17-21-11(2)22-25-17)20-16(23)12-3-8-15(19-9-12)24-14-6-4-13(18)5-7-14/h3-10H,1-2H3,(H,20,23)/t10-/m1/s1. The maximum atomic E-state index is 12.3. The van der Waals surface area contributed by atoms with E-state index in [9.17, 15) is 4.79 Å². The molecule has 0 saturated carbocycles. The van der Waals surface area contributed by atoms with E-state index in [1.54, 1.807) is 26.0 Å². The average Bonchev–Trinajstić information content (AvgIpc) is 3.04. The Morgan fingerprint density at radius 2 is 2.00 bits per heavy atom. The smallest absolute Gasteiger partial charge is 0.253 e. The first kappa shape index (κ1) is 17.1. The van der Waals surface area contributed by atoms with Crippen molar-refractivity contribution in [3.8, 4) is 11.6 Å². The van der Waals surface area contributed by atoms with Gasteiger partial charge in [-0.25, -0.2) is 4.98 Å². The maximum Gasteiger partial charge on any atom is 0.253 e. The Hall–Kier alpha value is -2.74. The van der Waals surface area contributed by atoms with Crippen LogP contribution in [0.25, 0.3) is 0 Å². The molecule has 2 heterocycles. The lowest BCUT2D eigenvalue weighted by Gasteiger charge is -2.10. The van der Waals surface area contributed by atoms with Gasteiger partial charge in [0.15, 0.2) is 5.82 Å². The van der Waals surface area contributed by atoms with E-state index in [2.05, 4.69) is 36.4 Å². The lowest BCUT2D eigenvalue weighted by atomic mass is 10.2. The number of hydrogen-bond donors (Lipinski definition) is 1. The highest BCUT2D eigenvalue weighted by molar-refractivity contribution is 9.10. The van der Waals surface area contributed by atoms with Crippen LogP contribution in [-0.2, 0) is 0 Å². The minimum absolute atomic E-state index is 0.286. The molecule has 128 valence electrons. The summed E-state index contributed by atoms with van der Waals surface area (Å²) in [7, 11) is 0. The molecule has 0 spiro atoms. The molecule has 2 aromatic heterocycles. The highest BCUT2D eigenvalue weighted by Crippen LogP contribution is 2.21. The molecule has 1 amide bonds. The molecule has 0 fully saturated rings. The summed E-state index contributed by atoms with van der Waals surface area (Å²) >= 11 is 3.36. The van der Waals surface area contributed by atoms with Crippen molar-refractivity contribution in [3.05, 3.63) is 64.3 Å². The molecule has 25 heavy (non-hydrogen) atoms. The predicted molar refractivity (Wildman–Crippen MR) is 93.4 cm³/mol. The molecule has 1 atom stereocenters. The topological polar surface area (TPSA) is 90.1 Å². The predicted octanol–water partition coefficient (Wildman–Crippen LogP) is 3.82. The van der Waals surface area contributed by atoms with Crippen LogP contribution < -0.4 is 10.1 Å². The number of amides is 1. The van der Waals surface area contributed by atoms with Crippen LogP contribution >= 0.6 is 15.9 Å². The fraction of sp³-hybridized carbons (Fsp3) is 0.176. The zero-order valence-corrected chi connectivity index (χ0v) is 15.1. The Morgan fingerprint density at radius 1 is 1.24 bits per heavy atom. The van der Waals surface area contributed by atoms with Gasteiger partial charge in [0.05, 0.1) is 5.56 Å².